The van der Waals surface area contributed by atoms with Gasteiger partial charge in [0.2, 0.25) is 0 Å². The summed E-state index contributed by atoms with van der Waals surface area (Å²) in [6.07, 6.45) is 3.88. The van der Waals surface area contributed by atoms with Crippen LogP contribution < -0.4 is 16.4 Å². The van der Waals surface area contributed by atoms with Crippen LogP contribution in [0, 0.1) is 5.92 Å². The predicted octanol–water partition coefficient (Wildman–Crippen LogP) is 1.98. The first-order valence-corrected chi connectivity index (χ1v) is 7.51. The minimum absolute atomic E-state index is 0.159. The summed E-state index contributed by atoms with van der Waals surface area (Å²) in [5.41, 5.74) is 7.12. The standard InChI is InChI=1S/C16H25N3O2/c1-11-4-3-7-16(21,9-11)10-19-14-6-5-12(8-13(14)17)15(20)18-2/h5-6,8,11,19,21H,3-4,7,9-10,17H2,1-2H3,(H,18,20). The van der Waals surface area contributed by atoms with E-state index in [1.54, 1.807) is 25.2 Å². The molecule has 116 valence electrons. The fraction of sp³-hybridized carbons (Fsp3) is 0.562. The summed E-state index contributed by atoms with van der Waals surface area (Å²) in [6.45, 7) is 2.66. The van der Waals surface area contributed by atoms with Crippen molar-refractivity contribution >= 4 is 17.3 Å². The van der Waals surface area contributed by atoms with E-state index in [1.807, 2.05) is 0 Å². The molecule has 5 N–H and O–H groups in total. The van der Waals surface area contributed by atoms with Crippen LogP contribution in [0.25, 0.3) is 0 Å². The minimum atomic E-state index is -0.663. The molecule has 2 atom stereocenters. The Balaban J connectivity index is 2.01. The Bertz CT molecular complexity index is 518. The number of nitrogen functional groups attached to an aromatic ring is 1. The molecule has 0 heterocycles. The molecule has 1 aliphatic rings. The van der Waals surface area contributed by atoms with Crippen molar-refractivity contribution in [3.8, 4) is 0 Å². The molecular weight excluding hydrogens is 266 g/mol. The van der Waals surface area contributed by atoms with Crippen molar-refractivity contribution in [2.45, 2.75) is 38.2 Å². The molecule has 2 unspecified atom stereocenters. The van der Waals surface area contributed by atoms with Crippen molar-refractivity contribution in [2.24, 2.45) is 5.92 Å². The second-order valence-corrected chi connectivity index (χ2v) is 6.16. The van der Waals surface area contributed by atoms with Gasteiger partial charge in [-0.15, -0.1) is 0 Å². The number of amides is 1. The van der Waals surface area contributed by atoms with Gasteiger partial charge in [0.25, 0.3) is 5.91 Å². The Morgan fingerprint density at radius 3 is 2.90 bits per heavy atom. The third-order valence-corrected chi connectivity index (χ3v) is 4.22. The van der Waals surface area contributed by atoms with Gasteiger partial charge in [-0.05, 0) is 37.0 Å². The summed E-state index contributed by atoms with van der Waals surface area (Å²) in [5, 5.41) is 16.4. The van der Waals surface area contributed by atoms with Crippen LogP contribution in [-0.2, 0) is 0 Å². The molecule has 1 fully saturated rings. The van der Waals surface area contributed by atoms with Crippen LogP contribution in [0.1, 0.15) is 43.0 Å². The summed E-state index contributed by atoms with van der Waals surface area (Å²) in [5.74, 6) is 0.395. The predicted molar refractivity (Wildman–Crippen MR) is 85.3 cm³/mol. The van der Waals surface area contributed by atoms with Gasteiger partial charge >= 0.3 is 0 Å². The molecule has 1 amide bonds. The second kappa shape index (κ2) is 6.35. The maximum Gasteiger partial charge on any atom is 0.251 e. The van der Waals surface area contributed by atoms with Crippen LogP contribution in [0.5, 0.6) is 0 Å². The van der Waals surface area contributed by atoms with E-state index in [1.165, 1.54) is 6.42 Å². The van der Waals surface area contributed by atoms with Gasteiger partial charge in [0.1, 0.15) is 0 Å². The maximum absolute atomic E-state index is 11.5. The largest absolute Gasteiger partial charge is 0.397 e. The summed E-state index contributed by atoms with van der Waals surface area (Å²) in [7, 11) is 1.59. The van der Waals surface area contributed by atoms with Crippen molar-refractivity contribution in [3.05, 3.63) is 23.8 Å². The van der Waals surface area contributed by atoms with Crippen molar-refractivity contribution in [1.29, 1.82) is 0 Å². The normalized spacial score (nSPS) is 25.4. The van der Waals surface area contributed by atoms with E-state index in [0.717, 1.165) is 24.9 Å². The molecule has 1 aliphatic carbocycles. The zero-order valence-corrected chi connectivity index (χ0v) is 12.8. The van der Waals surface area contributed by atoms with Crippen LogP contribution in [0.2, 0.25) is 0 Å². The van der Waals surface area contributed by atoms with Gasteiger partial charge in [-0.25, -0.2) is 0 Å². The molecule has 1 aromatic rings. The topological polar surface area (TPSA) is 87.4 Å². The fourth-order valence-corrected chi connectivity index (χ4v) is 3.06. The smallest absolute Gasteiger partial charge is 0.251 e. The van der Waals surface area contributed by atoms with E-state index in [9.17, 15) is 9.90 Å². The maximum atomic E-state index is 11.5. The first kappa shape index (κ1) is 15.6. The van der Waals surface area contributed by atoms with E-state index in [4.69, 9.17) is 5.73 Å². The first-order chi connectivity index (χ1) is 9.93. The van der Waals surface area contributed by atoms with E-state index < -0.39 is 5.60 Å². The fourth-order valence-electron chi connectivity index (χ4n) is 3.06. The van der Waals surface area contributed by atoms with Gasteiger partial charge in [-0.3, -0.25) is 4.79 Å². The Morgan fingerprint density at radius 2 is 2.29 bits per heavy atom. The van der Waals surface area contributed by atoms with Crippen LogP contribution in [-0.4, -0.2) is 30.2 Å². The average molecular weight is 291 g/mol. The number of nitrogens with one attached hydrogen (secondary N) is 2. The Kier molecular flexibility index (Phi) is 4.73. The zero-order valence-electron chi connectivity index (χ0n) is 12.8. The van der Waals surface area contributed by atoms with Crippen LogP contribution in [0.3, 0.4) is 0 Å². The highest BCUT2D eigenvalue weighted by Crippen LogP contribution is 2.32. The summed E-state index contributed by atoms with van der Waals surface area (Å²) in [4.78, 5) is 11.5. The van der Waals surface area contributed by atoms with Gasteiger partial charge in [-0.1, -0.05) is 19.8 Å². The molecule has 2 rings (SSSR count). The molecule has 0 spiro atoms. The highest BCUT2D eigenvalue weighted by Gasteiger charge is 2.32. The SMILES string of the molecule is CNC(=O)c1ccc(NCC2(O)CCCC(C)C2)c(N)c1. The summed E-state index contributed by atoms with van der Waals surface area (Å²) < 4.78 is 0. The van der Waals surface area contributed by atoms with Gasteiger partial charge in [0.05, 0.1) is 17.0 Å². The lowest BCUT2D eigenvalue weighted by atomic mass is 9.79. The first-order valence-electron chi connectivity index (χ1n) is 7.51. The number of rotatable bonds is 4. The van der Waals surface area contributed by atoms with E-state index in [-0.39, 0.29) is 5.91 Å². The van der Waals surface area contributed by atoms with Crippen LogP contribution >= 0.6 is 0 Å². The van der Waals surface area contributed by atoms with Gasteiger partial charge < -0.3 is 21.5 Å². The van der Waals surface area contributed by atoms with Crippen molar-refractivity contribution < 1.29 is 9.90 Å². The lowest BCUT2D eigenvalue weighted by molar-refractivity contribution is -0.000752. The molecular formula is C16H25N3O2. The van der Waals surface area contributed by atoms with E-state index in [2.05, 4.69) is 17.6 Å². The van der Waals surface area contributed by atoms with Crippen molar-refractivity contribution in [3.63, 3.8) is 0 Å². The number of hydrogen-bond acceptors (Lipinski definition) is 4. The monoisotopic (exact) mass is 291 g/mol. The number of aliphatic hydroxyl groups is 1. The number of carbonyl (C=O) groups excluding carboxylic acids is 1. The molecule has 1 aromatic carbocycles. The van der Waals surface area contributed by atoms with Crippen LogP contribution in [0.15, 0.2) is 18.2 Å². The number of anilines is 2. The van der Waals surface area contributed by atoms with Crippen molar-refractivity contribution in [1.82, 2.24) is 5.32 Å². The average Bonchev–Trinajstić information content (AvgIpc) is 2.45. The number of benzene rings is 1. The molecule has 21 heavy (non-hydrogen) atoms. The quantitative estimate of drug-likeness (QED) is 0.639. The Morgan fingerprint density at radius 1 is 1.52 bits per heavy atom. The molecule has 0 radical (unpaired) electrons. The lowest BCUT2D eigenvalue weighted by Gasteiger charge is -2.36. The van der Waals surface area contributed by atoms with Crippen LogP contribution in [0.4, 0.5) is 11.4 Å². The lowest BCUT2D eigenvalue weighted by Crippen LogP contribution is -2.41. The molecule has 0 aliphatic heterocycles. The van der Waals surface area contributed by atoms with E-state index >= 15 is 0 Å². The second-order valence-electron chi connectivity index (χ2n) is 6.16. The van der Waals surface area contributed by atoms with Crippen molar-refractivity contribution in [2.75, 3.05) is 24.6 Å². The third kappa shape index (κ3) is 3.88. The van der Waals surface area contributed by atoms with Gasteiger partial charge in [0, 0.05) is 19.2 Å². The third-order valence-electron chi connectivity index (χ3n) is 4.22. The Labute approximate surface area is 125 Å². The molecule has 5 nitrogen and oxygen atoms in total. The van der Waals surface area contributed by atoms with Gasteiger partial charge in [-0.2, -0.15) is 0 Å². The minimum Gasteiger partial charge on any atom is -0.397 e. The molecule has 5 heteroatoms. The highest BCUT2D eigenvalue weighted by atomic mass is 16.3. The molecule has 0 aromatic heterocycles. The summed E-state index contributed by atoms with van der Waals surface area (Å²) in [6, 6.07) is 5.16. The number of hydrogen-bond donors (Lipinski definition) is 4. The molecule has 0 bridgehead atoms. The number of carbonyl (C=O) groups is 1. The van der Waals surface area contributed by atoms with Gasteiger partial charge in [0.15, 0.2) is 0 Å². The number of nitrogens with two attached hydrogens (primary N) is 1. The summed E-state index contributed by atoms with van der Waals surface area (Å²) >= 11 is 0. The highest BCUT2D eigenvalue weighted by molar-refractivity contribution is 5.95. The molecule has 1 saturated carbocycles. The zero-order chi connectivity index (χ0) is 15.5. The Hall–Kier alpha value is -1.75. The molecule has 0 saturated heterocycles. The van der Waals surface area contributed by atoms with E-state index in [0.29, 0.717) is 23.7 Å².